The van der Waals surface area contributed by atoms with Crippen LogP contribution in [0, 0.1) is 0 Å². The van der Waals surface area contributed by atoms with E-state index in [4.69, 9.17) is 14.2 Å². The summed E-state index contributed by atoms with van der Waals surface area (Å²) in [5.41, 5.74) is 0. The van der Waals surface area contributed by atoms with E-state index >= 15 is 0 Å². The Morgan fingerprint density at radius 3 is 2.14 bits per heavy atom. The molecule has 0 fully saturated rings. The number of hydrogen-bond donors (Lipinski definition) is 2. The van der Waals surface area contributed by atoms with Crippen LogP contribution in [0.5, 0.6) is 0 Å². The molecule has 14 heavy (non-hydrogen) atoms. The monoisotopic (exact) mass is 241 g/mol. The van der Waals surface area contributed by atoms with E-state index in [-0.39, 0.29) is 6.61 Å². The predicted molar refractivity (Wildman–Crippen MR) is 58.2 cm³/mol. The Bertz CT molecular complexity index is 162. The Kier molecular flexibility index (Phi) is 8.15. The number of ether oxygens (including phenoxy) is 3. The lowest BCUT2D eigenvalue weighted by Gasteiger charge is -2.17. The van der Waals surface area contributed by atoms with E-state index in [9.17, 15) is 4.79 Å². The maximum Gasteiger partial charge on any atom is 0.430 e. The molecular weight excluding hydrogens is 226 g/mol. The van der Waals surface area contributed by atoms with Crippen molar-refractivity contribution in [3.8, 4) is 0 Å². The highest BCUT2D eigenvalue weighted by Crippen LogP contribution is 2.03. The van der Waals surface area contributed by atoms with Gasteiger partial charge < -0.3 is 14.2 Å². The molecule has 0 atom stereocenters. The molecule has 0 aliphatic heterocycles. The van der Waals surface area contributed by atoms with E-state index in [1.54, 1.807) is 0 Å². The average Bonchev–Trinajstić information content (AvgIpc) is 2.14. The number of thiol groups is 2. The quantitative estimate of drug-likeness (QED) is 0.547. The van der Waals surface area contributed by atoms with Crippen molar-refractivity contribution >= 4 is 31.7 Å². The highest BCUT2D eigenvalue weighted by atomic mass is 32.2. The summed E-state index contributed by atoms with van der Waals surface area (Å²) in [4.78, 5) is 10.9. The Hall–Kier alpha value is -0.110. The van der Waals surface area contributed by atoms with Crippen LogP contribution < -0.4 is 0 Å². The molecule has 7 heteroatoms. The van der Waals surface area contributed by atoms with Gasteiger partial charge in [0.15, 0.2) is 6.29 Å². The Labute approximate surface area is 94.8 Å². The van der Waals surface area contributed by atoms with E-state index in [0.29, 0.717) is 13.2 Å². The van der Waals surface area contributed by atoms with Gasteiger partial charge in [-0.1, -0.05) is 0 Å². The summed E-state index contributed by atoms with van der Waals surface area (Å²) in [5, 5.41) is 0. The second-order valence-electron chi connectivity index (χ2n) is 2.21. The lowest BCUT2D eigenvalue weighted by atomic mass is 10.6. The van der Waals surface area contributed by atoms with E-state index < -0.39 is 12.4 Å². The molecule has 84 valence electrons. The normalized spacial score (nSPS) is 10.4. The van der Waals surface area contributed by atoms with Gasteiger partial charge in [-0.15, -0.1) is 0 Å². The summed E-state index contributed by atoms with van der Waals surface area (Å²) in [6.07, 6.45) is -1.20. The summed E-state index contributed by atoms with van der Waals surface area (Å²) in [5.74, 6) is 0. The third-order valence-corrected chi connectivity index (χ3v) is 1.54. The first-order valence-corrected chi connectivity index (χ1v) is 4.99. The Balaban J connectivity index is 3.74. The molecule has 1 amide bonds. The van der Waals surface area contributed by atoms with E-state index in [1.165, 1.54) is 0 Å². The van der Waals surface area contributed by atoms with Crippen molar-refractivity contribution in [2.45, 2.75) is 20.1 Å². The Morgan fingerprint density at radius 2 is 1.79 bits per heavy atom. The molecule has 0 aromatic rings. The molecule has 0 unspecified atom stereocenters. The molecule has 0 saturated heterocycles. The maximum absolute atomic E-state index is 10.9. The first kappa shape index (κ1) is 13.9. The molecule has 0 radical (unpaired) electrons. The molecule has 0 aromatic heterocycles. The molecule has 0 aliphatic carbocycles. The van der Waals surface area contributed by atoms with Gasteiger partial charge in [-0.2, -0.15) is 3.71 Å². The summed E-state index contributed by atoms with van der Waals surface area (Å²) < 4.78 is 15.8. The molecule has 0 aromatic carbocycles. The van der Waals surface area contributed by atoms with Crippen LogP contribution in [-0.4, -0.2) is 35.9 Å². The fourth-order valence-corrected chi connectivity index (χ4v) is 0.829. The first-order valence-electron chi connectivity index (χ1n) is 4.19. The predicted octanol–water partition coefficient (Wildman–Crippen LogP) is 1.51. The van der Waals surface area contributed by atoms with Crippen molar-refractivity contribution in [1.82, 2.24) is 3.71 Å². The number of rotatable bonds is 6. The lowest BCUT2D eigenvalue weighted by molar-refractivity contribution is -0.157. The van der Waals surface area contributed by atoms with Crippen molar-refractivity contribution in [2.24, 2.45) is 0 Å². The average molecular weight is 241 g/mol. The van der Waals surface area contributed by atoms with Crippen molar-refractivity contribution in [3.05, 3.63) is 0 Å². The Morgan fingerprint density at radius 1 is 1.29 bits per heavy atom. The van der Waals surface area contributed by atoms with Gasteiger partial charge in [0.05, 0.1) is 0 Å². The van der Waals surface area contributed by atoms with Crippen molar-refractivity contribution in [3.63, 3.8) is 0 Å². The van der Waals surface area contributed by atoms with Crippen LogP contribution in [-0.2, 0) is 14.2 Å². The minimum atomic E-state index is -0.666. The lowest BCUT2D eigenvalue weighted by Crippen LogP contribution is -2.27. The van der Waals surface area contributed by atoms with Gasteiger partial charge in [0, 0.05) is 13.2 Å². The van der Waals surface area contributed by atoms with Crippen LogP contribution >= 0.6 is 25.6 Å². The van der Waals surface area contributed by atoms with Crippen LogP contribution in [0.4, 0.5) is 4.79 Å². The largest absolute Gasteiger partial charge is 0.443 e. The second kappa shape index (κ2) is 8.22. The van der Waals surface area contributed by atoms with Crippen LogP contribution in [0.3, 0.4) is 0 Å². The van der Waals surface area contributed by atoms with Crippen LogP contribution in [0.15, 0.2) is 0 Å². The van der Waals surface area contributed by atoms with Gasteiger partial charge in [-0.3, -0.25) is 0 Å². The summed E-state index contributed by atoms with van der Waals surface area (Å²) >= 11 is 7.28. The summed E-state index contributed by atoms with van der Waals surface area (Å²) in [7, 11) is 0. The van der Waals surface area contributed by atoms with E-state index in [1.807, 2.05) is 13.8 Å². The van der Waals surface area contributed by atoms with Gasteiger partial charge in [0.2, 0.25) is 0 Å². The van der Waals surface area contributed by atoms with Crippen molar-refractivity contribution < 1.29 is 19.0 Å². The van der Waals surface area contributed by atoms with Gasteiger partial charge in [-0.05, 0) is 39.5 Å². The zero-order valence-corrected chi connectivity index (χ0v) is 9.96. The van der Waals surface area contributed by atoms with Crippen LogP contribution in [0.1, 0.15) is 13.8 Å². The zero-order valence-electron chi connectivity index (χ0n) is 8.17. The number of carbonyl (C=O) groups is 1. The number of nitrogens with zero attached hydrogens (tertiary/aromatic N) is 1. The summed E-state index contributed by atoms with van der Waals surface area (Å²) in [6, 6.07) is 0. The highest BCUT2D eigenvalue weighted by Gasteiger charge is 2.13. The van der Waals surface area contributed by atoms with Crippen LogP contribution in [0.25, 0.3) is 0 Å². The van der Waals surface area contributed by atoms with Crippen LogP contribution in [0.2, 0.25) is 0 Å². The highest BCUT2D eigenvalue weighted by molar-refractivity contribution is 7.94. The maximum atomic E-state index is 10.9. The number of hydrogen-bond acceptors (Lipinski definition) is 6. The first-order chi connectivity index (χ1) is 6.61. The summed E-state index contributed by atoms with van der Waals surface area (Å²) in [6.45, 7) is 4.67. The molecular formula is C7H15NO4S2. The molecule has 0 bridgehead atoms. The van der Waals surface area contributed by atoms with Gasteiger partial charge in [0.1, 0.15) is 6.61 Å². The van der Waals surface area contributed by atoms with Gasteiger partial charge in [-0.25, -0.2) is 4.79 Å². The minimum absolute atomic E-state index is 0.0259. The second-order valence-corrected chi connectivity index (χ2v) is 3.32. The third kappa shape index (κ3) is 6.36. The molecule has 0 heterocycles. The SMILES string of the molecule is CCOC(COC(=O)N(S)S)OCC. The molecule has 0 rings (SSSR count). The molecule has 0 saturated carbocycles. The smallest absolute Gasteiger partial charge is 0.430 e. The van der Waals surface area contributed by atoms with E-state index in [2.05, 4.69) is 25.6 Å². The van der Waals surface area contributed by atoms with Gasteiger partial charge in [0.25, 0.3) is 0 Å². The fourth-order valence-electron chi connectivity index (χ4n) is 0.713. The number of amides is 1. The van der Waals surface area contributed by atoms with Gasteiger partial charge >= 0.3 is 6.09 Å². The van der Waals surface area contributed by atoms with Crippen molar-refractivity contribution in [1.29, 1.82) is 0 Å². The molecule has 0 aliphatic rings. The third-order valence-electron chi connectivity index (χ3n) is 1.21. The van der Waals surface area contributed by atoms with Crippen molar-refractivity contribution in [2.75, 3.05) is 19.8 Å². The molecule has 5 nitrogen and oxygen atoms in total. The topological polar surface area (TPSA) is 48.0 Å². The zero-order chi connectivity index (χ0) is 11.0. The fraction of sp³-hybridized carbons (Fsp3) is 0.857. The van der Waals surface area contributed by atoms with E-state index in [0.717, 1.165) is 3.71 Å². The molecule has 0 N–H and O–H groups in total. The standard InChI is InChI=1S/C7H15NO4S2/c1-3-10-6(11-4-2)5-12-7(9)8(13)14/h6,13-14H,3-5H2,1-2H3. The minimum Gasteiger partial charge on any atom is -0.443 e. The number of carbonyl (C=O) groups excluding carboxylic acids is 1. The molecule has 0 spiro atoms.